The molecule has 1 aromatic carbocycles. The number of hydrogen-bond acceptors (Lipinski definition) is 3. The van der Waals surface area contributed by atoms with Crippen molar-refractivity contribution < 1.29 is 9.84 Å². The fourth-order valence-corrected chi connectivity index (χ4v) is 2.51. The van der Waals surface area contributed by atoms with Gasteiger partial charge in [0.15, 0.2) is 0 Å². The number of benzene rings is 1. The van der Waals surface area contributed by atoms with E-state index < -0.39 is 0 Å². The Morgan fingerprint density at radius 2 is 2.06 bits per heavy atom. The van der Waals surface area contributed by atoms with Crippen molar-refractivity contribution in [1.82, 2.24) is 4.90 Å². The van der Waals surface area contributed by atoms with Crippen LogP contribution in [0.15, 0.2) is 24.3 Å². The number of piperidine rings is 1. The summed E-state index contributed by atoms with van der Waals surface area (Å²) in [6, 6.07) is 8.13. The molecule has 1 saturated heterocycles. The second-order valence-corrected chi connectivity index (χ2v) is 4.57. The van der Waals surface area contributed by atoms with Crippen LogP contribution in [0.4, 0.5) is 0 Å². The van der Waals surface area contributed by atoms with Crippen molar-refractivity contribution in [2.75, 3.05) is 26.8 Å². The lowest BCUT2D eigenvalue weighted by Crippen LogP contribution is -2.35. The summed E-state index contributed by atoms with van der Waals surface area (Å²) in [7, 11) is 1.67. The van der Waals surface area contributed by atoms with E-state index in [1.807, 2.05) is 18.2 Å². The van der Waals surface area contributed by atoms with Gasteiger partial charge in [-0.15, -0.1) is 0 Å². The Hall–Kier alpha value is -1.06. The molecule has 1 aliphatic heterocycles. The van der Waals surface area contributed by atoms with E-state index in [2.05, 4.69) is 11.0 Å². The minimum Gasteiger partial charge on any atom is -0.497 e. The number of ether oxygens (including phenoxy) is 1. The molecule has 0 amide bonds. The summed E-state index contributed by atoms with van der Waals surface area (Å²) in [6.07, 6.45) is 3.79. The fraction of sp³-hybridized carbons (Fsp3) is 0.571. The molecule has 1 aliphatic rings. The molecule has 0 saturated carbocycles. The van der Waals surface area contributed by atoms with E-state index in [-0.39, 0.29) is 12.6 Å². The smallest absolute Gasteiger partial charge is 0.119 e. The van der Waals surface area contributed by atoms with Gasteiger partial charge in [0, 0.05) is 0 Å². The summed E-state index contributed by atoms with van der Waals surface area (Å²) >= 11 is 0. The molecular formula is C14H21NO2. The predicted molar refractivity (Wildman–Crippen MR) is 68.2 cm³/mol. The number of aliphatic hydroxyl groups is 1. The normalized spacial score (nSPS) is 18.9. The van der Waals surface area contributed by atoms with Gasteiger partial charge in [0.1, 0.15) is 5.75 Å². The van der Waals surface area contributed by atoms with Crippen molar-refractivity contribution >= 4 is 0 Å². The van der Waals surface area contributed by atoms with Gasteiger partial charge < -0.3 is 9.84 Å². The largest absolute Gasteiger partial charge is 0.497 e. The van der Waals surface area contributed by atoms with Crippen molar-refractivity contribution in [3.05, 3.63) is 29.8 Å². The summed E-state index contributed by atoms with van der Waals surface area (Å²) in [6.45, 7) is 2.35. The maximum absolute atomic E-state index is 9.61. The van der Waals surface area contributed by atoms with Crippen LogP contribution >= 0.6 is 0 Å². The second kappa shape index (κ2) is 6.03. The van der Waals surface area contributed by atoms with Gasteiger partial charge in [-0.1, -0.05) is 18.6 Å². The molecule has 17 heavy (non-hydrogen) atoms. The van der Waals surface area contributed by atoms with Gasteiger partial charge in [0.05, 0.1) is 19.8 Å². The van der Waals surface area contributed by atoms with Crippen LogP contribution in [0.2, 0.25) is 0 Å². The number of aliphatic hydroxyl groups excluding tert-OH is 1. The first kappa shape index (κ1) is 12.4. The van der Waals surface area contributed by atoms with Gasteiger partial charge in [0.2, 0.25) is 0 Å². The molecule has 0 unspecified atom stereocenters. The molecule has 0 spiro atoms. The van der Waals surface area contributed by atoms with E-state index in [1.54, 1.807) is 7.11 Å². The fourth-order valence-electron chi connectivity index (χ4n) is 2.51. The summed E-state index contributed by atoms with van der Waals surface area (Å²) < 4.78 is 5.24. The van der Waals surface area contributed by atoms with Gasteiger partial charge in [0.25, 0.3) is 0 Å². The summed E-state index contributed by atoms with van der Waals surface area (Å²) in [5.41, 5.74) is 1.15. The number of nitrogens with zero attached hydrogens (tertiary/aromatic N) is 1. The summed E-state index contributed by atoms with van der Waals surface area (Å²) in [4.78, 5) is 2.37. The number of rotatable bonds is 4. The van der Waals surface area contributed by atoms with Crippen molar-refractivity contribution in [2.24, 2.45) is 0 Å². The Morgan fingerprint density at radius 1 is 1.29 bits per heavy atom. The van der Waals surface area contributed by atoms with Gasteiger partial charge in [-0.2, -0.15) is 0 Å². The molecule has 1 atom stereocenters. The van der Waals surface area contributed by atoms with Crippen molar-refractivity contribution in [1.29, 1.82) is 0 Å². The number of hydrogen-bond donors (Lipinski definition) is 1. The molecule has 0 aliphatic carbocycles. The minimum atomic E-state index is 0.116. The maximum atomic E-state index is 9.61. The molecule has 3 nitrogen and oxygen atoms in total. The van der Waals surface area contributed by atoms with Gasteiger partial charge in [-0.05, 0) is 43.6 Å². The summed E-state index contributed by atoms with van der Waals surface area (Å²) in [5.74, 6) is 0.859. The molecule has 0 radical (unpaired) electrons. The highest BCUT2D eigenvalue weighted by Gasteiger charge is 2.21. The van der Waals surface area contributed by atoms with E-state index in [1.165, 1.54) is 19.3 Å². The third kappa shape index (κ3) is 2.99. The minimum absolute atomic E-state index is 0.116. The Labute approximate surface area is 103 Å². The van der Waals surface area contributed by atoms with E-state index in [0.29, 0.717) is 0 Å². The molecule has 3 heteroatoms. The molecule has 0 bridgehead atoms. The van der Waals surface area contributed by atoms with Crippen LogP contribution < -0.4 is 4.74 Å². The molecule has 2 rings (SSSR count). The zero-order valence-corrected chi connectivity index (χ0v) is 10.4. The van der Waals surface area contributed by atoms with Gasteiger partial charge >= 0.3 is 0 Å². The first-order valence-corrected chi connectivity index (χ1v) is 6.34. The zero-order chi connectivity index (χ0) is 12.1. The SMILES string of the molecule is COc1cccc([C@H](CO)N2CCCCC2)c1. The van der Waals surface area contributed by atoms with Crippen LogP contribution in [0.5, 0.6) is 5.75 Å². The molecule has 1 heterocycles. The Morgan fingerprint density at radius 3 is 2.71 bits per heavy atom. The van der Waals surface area contributed by atoms with E-state index in [9.17, 15) is 5.11 Å². The Kier molecular flexibility index (Phi) is 4.40. The van der Waals surface area contributed by atoms with Crippen LogP contribution in [-0.4, -0.2) is 36.8 Å². The van der Waals surface area contributed by atoms with Crippen molar-refractivity contribution in [2.45, 2.75) is 25.3 Å². The molecule has 0 aromatic heterocycles. The Bertz CT molecular complexity index is 348. The number of likely N-dealkylation sites (tertiary alicyclic amines) is 1. The highest BCUT2D eigenvalue weighted by Crippen LogP contribution is 2.26. The monoisotopic (exact) mass is 235 g/mol. The van der Waals surface area contributed by atoms with Crippen molar-refractivity contribution in [3.63, 3.8) is 0 Å². The maximum Gasteiger partial charge on any atom is 0.119 e. The van der Waals surface area contributed by atoms with Crippen molar-refractivity contribution in [3.8, 4) is 5.75 Å². The standard InChI is InChI=1S/C14H21NO2/c1-17-13-7-5-6-12(10-13)14(11-16)15-8-3-2-4-9-15/h5-7,10,14,16H,2-4,8-9,11H2,1H3/t14-/m0/s1. The van der Waals surface area contributed by atoms with Crippen LogP contribution in [0.25, 0.3) is 0 Å². The Balaban J connectivity index is 2.15. The highest BCUT2D eigenvalue weighted by molar-refractivity contribution is 5.30. The van der Waals surface area contributed by atoms with Crippen LogP contribution in [0, 0.1) is 0 Å². The molecule has 1 N–H and O–H groups in total. The first-order valence-electron chi connectivity index (χ1n) is 6.34. The highest BCUT2D eigenvalue weighted by atomic mass is 16.5. The van der Waals surface area contributed by atoms with Gasteiger partial charge in [-0.3, -0.25) is 4.90 Å². The third-order valence-corrected chi connectivity index (χ3v) is 3.48. The van der Waals surface area contributed by atoms with Gasteiger partial charge in [-0.25, -0.2) is 0 Å². The summed E-state index contributed by atoms with van der Waals surface area (Å²) in [5, 5.41) is 9.61. The lowest BCUT2D eigenvalue weighted by molar-refractivity contribution is 0.104. The quantitative estimate of drug-likeness (QED) is 0.868. The lowest BCUT2D eigenvalue weighted by atomic mass is 10.0. The predicted octanol–water partition coefficient (Wildman–Crippen LogP) is 2.21. The second-order valence-electron chi connectivity index (χ2n) is 4.57. The van der Waals surface area contributed by atoms with Crippen LogP contribution in [0.3, 0.4) is 0 Å². The lowest BCUT2D eigenvalue weighted by Gasteiger charge is -2.33. The zero-order valence-electron chi connectivity index (χ0n) is 10.4. The van der Waals surface area contributed by atoms with E-state index in [4.69, 9.17) is 4.74 Å². The van der Waals surface area contributed by atoms with E-state index in [0.717, 1.165) is 24.4 Å². The topological polar surface area (TPSA) is 32.7 Å². The molecular weight excluding hydrogens is 214 g/mol. The molecule has 1 aromatic rings. The van der Waals surface area contributed by atoms with E-state index >= 15 is 0 Å². The first-order chi connectivity index (χ1) is 8.35. The average Bonchev–Trinajstić information content (AvgIpc) is 2.41. The molecule has 1 fully saturated rings. The third-order valence-electron chi connectivity index (χ3n) is 3.48. The van der Waals surface area contributed by atoms with Crippen LogP contribution in [0.1, 0.15) is 30.9 Å². The number of methoxy groups -OCH3 is 1. The van der Waals surface area contributed by atoms with Crippen LogP contribution in [-0.2, 0) is 0 Å². The molecule has 94 valence electrons. The average molecular weight is 235 g/mol.